The smallest absolute Gasteiger partial charge is 0.312 e. The molecule has 4 saturated carbocycles. The third-order valence-corrected chi connectivity index (χ3v) is 6.59. The van der Waals surface area contributed by atoms with Crippen LogP contribution in [0.2, 0.25) is 0 Å². The van der Waals surface area contributed by atoms with E-state index in [9.17, 15) is 9.59 Å². The molecule has 4 bridgehead atoms. The van der Waals surface area contributed by atoms with E-state index in [4.69, 9.17) is 16.3 Å². The van der Waals surface area contributed by atoms with Crippen LogP contribution < -0.4 is 5.32 Å². The zero-order chi connectivity index (χ0) is 16.8. The SMILES string of the molecule is CC(C)[C@H](C)NC(=O)COC(=O)C12C[C@@H]3C[C@@H](CC(Cl)(C3)C1)C2. The third kappa shape index (κ3) is 3.38. The van der Waals surface area contributed by atoms with Crippen molar-refractivity contribution in [2.75, 3.05) is 6.61 Å². The minimum absolute atomic E-state index is 0.0758. The van der Waals surface area contributed by atoms with Crippen LogP contribution in [-0.4, -0.2) is 29.4 Å². The van der Waals surface area contributed by atoms with Crippen molar-refractivity contribution >= 4 is 23.5 Å². The number of hydrogen-bond acceptors (Lipinski definition) is 3. The Bertz CT molecular complexity index is 490. The second kappa shape index (κ2) is 5.94. The fraction of sp³-hybridized carbons (Fsp3) is 0.889. The van der Waals surface area contributed by atoms with Crippen molar-refractivity contribution in [1.82, 2.24) is 5.32 Å². The standard InChI is InChI=1S/C18H28ClNO3/c1-11(2)12(3)20-15(21)9-23-16(22)17-5-13-4-14(6-17)8-18(19,7-13)10-17/h11-14H,4-10H2,1-3H3,(H,20,21)/t12-,13-,14+,17?,18?/m0/s1. The molecule has 4 aliphatic rings. The maximum atomic E-state index is 12.7. The summed E-state index contributed by atoms with van der Waals surface area (Å²) in [5, 5.41) is 2.87. The first-order valence-electron chi connectivity index (χ1n) is 8.87. The Hall–Kier alpha value is -0.770. The normalized spacial score (nSPS) is 39.3. The van der Waals surface area contributed by atoms with E-state index in [1.165, 1.54) is 6.42 Å². The molecule has 0 aromatic heterocycles. The lowest BCUT2D eigenvalue weighted by Crippen LogP contribution is -2.56. The minimum Gasteiger partial charge on any atom is -0.455 e. The van der Waals surface area contributed by atoms with Crippen molar-refractivity contribution in [2.45, 2.75) is 70.2 Å². The molecule has 0 aromatic rings. The zero-order valence-corrected chi connectivity index (χ0v) is 15.1. The summed E-state index contributed by atoms with van der Waals surface area (Å²) in [6.45, 7) is 5.88. The van der Waals surface area contributed by atoms with Gasteiger partial charge in [-0.1, -0.05) is 13.8 Å². The molecule has 2 unspecified atom stereocenters. The van der Waals surface area contributed by atoms with E-state index in [2.05, 4.69) is 5.32 Å². The summed E-state index contributed by atoms with van der Waals surface area (Å²) in [5.41, 5.74) is -0.435. The van der Waals surface area contributed by atoms with Crippen LogP contribution >= 0.6 is 11.6 Å². The Labute approximate surface area is 143 Å². The molecule has 0 spiro atoms. The summed E-state index contributed by atoms with van der Waals surface area (Å²) >= 11 is 6.74. The van der Waals surface area contributed by atoms with Crippen LogP contribution in [-0.2, 0) is 14.3 Å². The molecule has 0 heterocycles. The van der Waals surface area contributed by atoms with Crippen LogP contribution in [0.25, 0.3) is 0 Å². The summed E-state index contributed by atoms with van der Waals surface area (Å²) in [7, 11) is 0. The van der Waals surface area contributed by atoms with E-state index in [0.717, 1.165) is 32.1 Å². The molecule has 0 aromatic carbocycles. The lowest BCUT2D eigenvalue weighted by molar-refractivity contribution is -0.171. The van der Waals surface area contributed by atoms with Gasteiger partial charge in [0.05, 0.1) is 5.41 Å². The molecule has 130 valence electrons. The quantitative estimate of drug-likeness (QED) is 0.616. The summed E-state index contributed by atoms with van der Waals surface area (Å²) in [6, 6.07) is 0.0758. The van der Waals surface area contributed by atoms with Gasteiger partial charge in [0, 0.05) is 10.9 Å². The zero-order valence-electron chi connectivity index (χ0n) is 14.4. The number of esters is 1. The maximum Gasteiger partial charge on any atom is 0.312 e. The lowest BCUT2D eigenvalue weighted by atomic mass is 9.49. The van der Waals surface area contributed by atoms with E-state index in [0.29, 0.717) is 17.8 Å². The number of rotatable bonds is 5. The number of ether oxygens (including phenoxy) is 1. The van der Waals surface area contributed by atoms with E-state index in [1.54, 1.807) is 0 Å². The Morgan fingerprint density at radius 2 is 1.78 bits per heavy atom. The second-order valence-corrected chi connectivity index (χ2v) is 9.37. The highest BCUT2D eigenvalue weighted by atomic mass is 35.5. The molecule has 4 fully saturated rings. The highest BCUT2D eigenvalue weighted by Gasteiger charge is 2.60. The monoisotopic (exact) mass is 341 g/mol. The van der Waals surface area contributed by atoms with Crippen LogP contribution in [0, 0.1) is 23.2 Å². The van der Waals surface area contributed by atoms with Crippen LogP contribution in [0.4, 0.5) is 0 Å². The molecular formula is C18H28ClNO3. The largest absolute Gasteiger partial charge is 0.455 e. The fourth-order valence-electron chi connectivity index (χ4n) is 5.14. The first-order valence-corrected chi connectivity index (χ1v) is 9.25. The average molecular weight is 342 g/mol. The van der Waals surface area contributed by atoms with Gasteiger partial charge in [0.2, 0.25) is 0 Å². The topological polar surface area (TPSA) is 55.4 Å². The Balaban J connectivity index is 1.57. The van der Waals surface area contributed by atoms with E-state index in [-0.39, 0.29) is 29.4 Å². The van der Waals surface area contributed by atoms with Gasteiger partial charge in [0.25, 0.3) is 5.91 Å². The molecule has 1 N–H and O–H groups in total. The highest BCUT2D eigenvalue weighted by Crippen LogP contribution is 2.64. The fourth-order valence-corrected chi connectivity index (χ4v) is 5.83. The molecule has 1 amide bonds. The van der Waals surface area contributed by atoms with Crippen molar-refractivity contribution in [3.63, 3.8) is 0 Å². The summed E-state index contributed by atoms with van der Waals surface area (Å²) in [6.07, 6.45) is 5.77. The van der Waals surface area contributed by atoms with Crippen LogP contribution in [0.5, 0.6) is 0 Å². The van der Waals surface area contributed by atoms with Gasteiger partial charge in [-0.05, 0) is 63.2 Å². The van der Waals surface area contributed by atoms with Crippen molar-refractivity contribution < 1.29 is 14.3 Å². The van der Waals surface area contributed by atoms with Crippen molar-refractivity contribution in [2.24, 2.45) is 23.2 Å². The molecule has 4 rings (SSSR count). The summed E-state index contributed by atoms with van der Waals surface area (Å²) in [4.78, 5) is 24.4. The van der Waals surface area contributed by atoms with Gasteiger partial charge in [0.1, 0.15) is 0 Å². The Morgan fingerprint density at radius 1 is 1.17 bits per heavy atom. The van der Waals surface area contributed by atoms with Crippen molar-refractivity contribution in [3.05, 3.63) is 0 Å². The molecule has 5 heteroatoms. The molecule has 5 atom stereocenters. The Kier molecular flexibility index (Phi) is 4.41. The van der Waals surface area contributed by atoms with Crippen molar-refractivity contribution in [1.29, 1.82) is 0 Å². The van der Waals surface area contributed by atoms with Gasteiger partial charge in [0.15, 0.2) is 6.61 Å². The third-order valence-electron chi connectivity index (χ3n) is 6.15. The number of halogens is 1. The molecule has 4 nitrogen and oxygen atoms in total. The van der Waals surface area contributed by atoms with Crippen LogP contribution in [0.3, 0.4) is 0 Å². The number of amides is 1. The first-order chi connectivity index (χ1) is 10.7. The first kappa shape index (κ1) is 17.1. The second-order valence-electron chi connectivity index (χ2n) is 8.57. The lowest BCUT2D eigenvalue weighted by Gasteiger charge is -2.58. The van der Waals surface area contributed by atoms with Gasteiger partial charge >= 0.3 is 5.97 Å². The molecule has 0 radical (unpaired) electrons. The number of hydrogen-bond donors (Lipinski definition) is 1. The minimum atomic E-state index is -0.435. The van der Waals surface area contributed by atoms with E-state index >= 15 is 0 Å². The Morgan fingerprint density at radius 3 is 2.30 bits per heavy atom. The number of nitrogens with one attached hydrogen (secondary N) is 1. The van der Waals surface area contributed by atoms with Gasteiger partial charge in [-0.15, -0.1) is 11.6 Å². The number of carbonyl (C=O) groups is 2. The van der Waals surface area contributed by atoms with Gasteiger partial charge in [-0.3, -0.25) is 9.59 Å². The predicted molar refractivity (Wildman–Crippen MR) is 89.1 cm³/mol. The number of alkyl halides is 1. The number of carbonyl (C=O) groups excluding carboxylic acids is 2. The van der Waals surface area contributed by atoms with Crippen molar-refractivity contribution in [3.8, 4) is 0 Å². The highest BCUT2D eigenvalue weighted by molar-refractivity contribution is 6.24. The summed E-state index contributed by atoms with van der Waals surface area (Å²) in [5.74, 6) is 1.04. The molecular weight excluding hydrogens is 314 g/mol. The van der Waals surface area contributed by atoms with E-state index < -0.39 is 5.41 Å². The maximum absolute atomic E-state index is 12.7. The summed E-state index contributed by atoms with van der Waals surface area (Å²) < 4.78 is 5.40. The van der Waals surface area contributed by atoms with E-state index in [1.807, 2.05) is 20.8 Å². The van der Waals surface area contributed by atoms with Gasteiger partial charge in [-0.2, -0.15) is 0 Å². The average Bonchev–Trinajstić information content (AvgIpc) is 2.41. The molecule has 0 saturated heterocycles. The van der Waals surface area contributed by atoms with Gasteiger partial charge < -0.3 is 10.1 Å². The van der Waals surface area contributed by atoms with Crippen LogP contribution in [0.15, 0.2) is 0 Å². The van der Waals surface area contributed by atoms with Gasteiger partial charge in [-0.25, -0.2) is 0 Å². The molecule has 4 aliphatic carbocycles. The van der Waals surface area contributed by atoms with Crippen LogP contribution in [0.1, 0.15) is 59.3 Å². The predicted octanol–water partition coefficient (Wildman–Crippen LogP) is 3.27. The molecule has 23 heavy (non-hydrogen) atoms. The molecule has 0 aliphatic heterocycles.